The van der Waals surface area contributed by atoms with Gasteiger partial charge in [-0.15, -0.1) is 0 Å². The number of nitrogens with zero attached hydrogens (tertiary/aromatic N) is 1. The summed E-state index contributed by atoms with van der Waals surface area (Å²) in [4.78, 5) is 26.7. The van der Waals surface area contributed by atoms with Crippen LogP contribution in [-0.4, -0.2) is 64.7 Å². The lowest BCUT2D eigenvalue weighted by atomic mass is 9.77. The SMILES string of the molecule is Cc1cccc(C2(O)CCC(N3C[C@@H](O)[C@@H](NC(=O)CNC(=O)c4cccc(C(F)(F)F)c4)C3)CC2)c1. The molecule has 37 heavy (non-hydrogen) atoms. The van der Waals surface area contributed by atoms with Gasteiger partial charge >= 0.3 is 6.18 Å². The molecule has 2 aromatic carbocycles. The van der Waals surface area contributed by atoms with Gasteiger partial charge in [-0.25, -0.2) is 0 Å². The molecular formula is C27H32F3N3O4. The second-order valence-corrected chi connectivity index (χ2v) is 10.1. The van der Waals surface area contributed by atoms with Crippen LogP contribution in [0.15, 0.2) is 48.5 Å². The first-order valence-electron chi connectivity index (χ1n) is 12.4. The minimum Gasteiger partial charge on any atom is -0.390 e. The third-order valence-electron chi connectivity index (χ3n) is 7.38. The van der Waals surface area contributed by atoms with Crippen LogP contribution in [0.25, 0.3) is 0 Å². The zero-order valence-corrected chi connectivity index (χ0v) is 20.6. The second-order valence-electron chi connectivity index (χ2n) is 10.1. The van der Waals surface area contributed by atoms with Crippen molar-refractivity contribution in [1.82, 2.24) is 15.5 Å². The van der Waals surface area contributed by atoms with Crippen molar-refractivity contribution in [1.29, 1.82) is 0 Å². The summed E-state index contributed by atoms with van der Waals surface area (Å²) in [7, 11) is 0. The van der Waals surface area contributed by atoms with Crippen LogP contribution >= 0.6 is 0 Å². The fraction of sp³-hybridized carbons (Fsp3) is 0.481. The van der Waals surface area contributed by atoms with Gasteiger partial charge in [-0.1, -0.05) is 35.9 Å². The molecule has 2 aromatic rings. The fourth-order valence-electron chi connectivity index (χ4n) is 5.28. The molecule has 7 nitrogen and oxygen atoms in total. The maximum Gasteiger partial charge on any atom is 0.416 e. The van der Waals surface area contributed by atoms with Crippen molar-refractivity contribution >= 4 is 11.8 Å². The number of halogens is 3. The standard InChI is InChI=1S/C27H32F3N3O4/c1-17-4-2-6-19(12-17)26(37)10-8-21(9-11-26)33-15-22(23(34)16-33)32-24(35)14-31-25(36)18-5-3-7-20(13-18)27(28,29)30/h2-7,12-13,21-23,34,37H,8-11,14-16H2,1H3,(H,31,36)(H,32,35)/t21?,22-,23+,26?/m0/s1. The molecule has 2 aliphatic rings. The van der Waals surface area contributed by atoms with Crippen molar-refractivity contribution in [3.63, 3.8) is 0 Å². The van der Waals surface area contributed by atoms with Gasteiger partial charge in [0, 0.05) is 24.7 Å². The highest BCUT2D eigenvalue weighted by Gasteiger charge is 2.41. The van der Waals surface area contributed by atoms with Gasteiger partial charge in [0.05, 0.1) is 29.9 Å². The van der Waals surface area contributed by atoms with E-state index in [2.05, 4.69) is 15.5 Å². The number of β-amino-alcohol motifs (C(OH)–C–C–N with tert-alkyl or cyclic N) is 1. The number of likely N-dealkylation sites (tertiary alicyclic amines) is 1. The molecule has 0 spiro atoms. The van der Waals surface area contributed by atoms with Crippen molar-refractivity contribution in [3.8, 4) is 0 Å². The molecule has 4 N–H and O–H groups in total. The summed E-state index contributed by atoms with van der Waals surface area (Å²) >= 11 is 0. The Bertz CT molecular complexity index is 1130. The van der Waals surface area contributed by atoms with E-state index in [4.69, 9.17) is 0 Å². The van der Waals surface area contributed by atoms with Crippen LogP contribution in [0.2, 0.25) is 0 Å². The predicted molar refractivity (Wildman–Crippen MR) is 131 cm³/mol. The topological polar surface area (TPSA) is 102 Å². The summed E-state index contributed by atoms with van der Waals surface area (Å²) in [6.07, 6.45) is -2.65. The number of aliphatic hydroxyl groups excluding tert-OH is 1. The molecule has 2 fully saturated rings. The molecule has 2 amide bonds. The van der Waals surface area contributed by atoms with E-state index in [-0.39, 0.29) is 11.6 Å². The fourth-order valence-corrected chi connectivity index (χ4v) is 5.28. The molecule has 0 unspecified atom stereocenters. The van der Waals surface area contributed by atoms with Gasteiger partial charge in [-0.2, -0.15) is 13.2 Å². The molecule has 1 saturated heterocycles. The van der Waals surface area contributed by atoms with E-state index in [9.17, 15) is 33.0 Å². The maximum absolute atomic E-state index is 12.9. The normalized spacial score (nSPS) is 26.6. The second kappa shape index (κ2) is 10.8. The Morgan fingerprint density at radius 2 is 1.78 bits per heavy atom. The Morgan fingerprint density at radius 3 is 2.46 bits per heavy atom. The van der Waals surface area contributed by atoms with Gasteiger partial charge in [-0.3, -0.25) is 14.5 Å². The number of hydrogen-bond acceptors (Lipinski definition) is 5. The van der Waals surface area contributed by atoms with Crippen molar-refractivity contribution in [3.05, 3.63) is 70.8 Å². The smallest absolute Gasteiger partial charge is 0.390 e. The minimum absolute atomic E-state index is 0.169. The van der Waals surface area contributed by atoms with Gasteiger partial charge in [-0.05, 0) is 56.4 Å². The highest BCUT2D eigenvalue weighted by Crippen LogP contribution is 2.39. The number of hydrogen-bond donors (Lipinski definition) is 4. The molecule has 200 valence electrons. The van der Waals surface area contributed by atoms with Gasteiger partial charge in [0.25, 0.3) is 5.91 Å². The molecule has 1 saturated carbocycles. The molecule has 1 aliphatic carbocycles. The lowest BCUT2D eigenvalue weighted by Gasteiger charge is -2.40. The number of alkyl halides is 3. The monoisotopic (exact) mass is 519 g/mol. The first-order valence-corrected chi connectivity index (χ1v) is 12.4. The molecule has 0 radical (unpaired) electrons. The number of rotatable bonds is 6. The van der Waals surface area contributed by atoms with Crippen molar-refractivity contribution < 1.29 is 33.0 Å². The van der Waals surface area contributed by atoms with Gasteiger partial charge in [0.15, 0.2) is 0 Å². The van der Waals surface area contributed by atoms with E-state index < -0.39 is 47.8 Å². The molecule has 2 atom stereocenters. The molecular weight excluding hydrogens is 487 g/mol. The summed E-state index contributed by atoms with van der Waals surface area (Å²) in [5.41, 5.74) is 0.00761. The predicted octanol–water partition coefficient (Wildman–Crippen LogP) is 2.74. The number of aryl methyl sites for hydroxylation is 1. The number of carbonyl (C=O) groups excluding carboxylic acids is 2. The van der Waals surface area contributed by atoms with Crippen LogP contribution in [0.3, 0.4) is 0 Å². The Balaban J connectivity index is 1.25. The summed E-state index contributed by atoms with van der Waals surface area (Å²) in [5.74, 6) is -1.33. The highest BCUT2D eigenvalue weighted by atomic mass is 19.4. The molecule has 10 heteroatoms. The summed E-state index contributed by atoms with van der Waals surface area (Å²) < 4.78 is 38.6. The van der Waals surface area contributed by atoms with Gasteiger partial charge in [0.1, 0.15) is 0 Å². The molecule has 0 aromatic heterocycles. The average molecular weight is 520 g/mol. The number of amides is 2. The van der Waals surface area contributed by atoms with Crippen molar-refractivity contribution in [2.24, 2.45) is 0 Å². The van der Waals surface area contributed by atoms with Gasteiger partial charge < -0.3 is 20.8 Å². The molecule has 1 aliphatic heterocycles. The Labute approximate surface area is 213 Å². The Hall–Kier alpha value is -2.95. The minimum atomic E-state index is -4.57. The Kier molecular flexibility index (Phi) is 7.91. The van der Waals surface area contributed by atoms with Crippen LogP contribution < -0.4 is 10.6 Å². The van der Waals surface area contributed by atoms with E-state index in [1.165, 1.54) is 6.07 Å². The first kappa shape index (κ1) is 27.1. The van der Waals surface area contributed by atoms with E-state index in [1.54, 1.807) is 0 Å². The van der Waals surface area contributed by atoms with Crippen LogP contribution in [0, 0.1) is 6.92 Å². The maximum atomic E-state index is 12.9. The van der Waals surface area contributed by atoms with Crippen molar-refractivity contribution in [2.75, 3.05) is 19.6 Å². The molecule has 4 rings (SSSR count). The van der Waals surface area contributed by atoms with Crippen LogP contribution in [-0.2, 0) is 16.6 Å². The van der Waals surface area contributed by atoms with Crippen LogP contribution in [0.1, 0.15) is 52.7 Å². The lowest BCUT2D eigenvalue weighted by molar-refractivity contribution is -0.137. The summed E-state index contributed by atoms with van der Waals surface area (Å²) in [6, 6.07) is 11.5. The van der Waals surface area contributed by atoms with E-state index in [0.717, 1.165) is 42.2 Å². The third kappa shape index (κ3) is 6.49. The summed E-state index contributed by atoms with van der Waals surface area (Å²) in [5, 5.41) is 26.7. The van der Waals surface area contributed by atoms with E-state index >= 15 is 0 Å². The zero-order chi connectivity index (χ0) is 26.8. The Morgan fingerprint density at radius 1 is 1.08 bits per heavy atom. The molecule has 1 heterocycles. The average Bonchev–Trinajstić information content (AvgIpc) is 3.22. The third-order valence-corrected chi connectivity index (χ3v) is 7.38. The van der Waals surface area contributed by atoms with E-state index in [0.29, 0.717) is 25.9 Å². The van der Waals surface area contributed by atoms with Crippen LogP contribution in [0.4, 0.5) is 13.2 Å². The quantitative estimate of drug-likeness (QED) is 0.470. The van der Waals surface area contributed by atoms with E-state index in [1.807, 2.05) is 31.2 Å². The number of benzene rings is 2. The lowest BCUT2D eigenvalue weighted by Crippen LogP contribution is -2.47. The highest BCUT2D eigenvalue weighted by molar-refractivity contribution is 5.96. The van der Waals surface area contributed by atoms with Crippen LogP contribution in [0.5, 0.6) is 0 Å². The number of carbonyl (C=O) groups is 2. The first-order chi connectivity index (χ1) is 17.4. The zero-order valence-electron chi connectivity index (χ0n) is 20.6. The van der Waals surface area contributed by atoms with Gasteiger partial charge in [0.2, 0.25) is 5.91 Å². The number of aliphatic hydroxyl groups is 2. The molecule has 0 bridgehead atoms. The number of nitrogens with one attached hydrogen (secondary N) is 2. The summed E-state index contributed by atoms with van der Waals surface area (Å²) in [6.45, 7) is 2.39. The van der Waals surface area contributed by atoms with Crippen molar-refractivity contribution in [2.45, 2.75) is 62.6 Å². The largest absolute Gasteiger partial charge is 0.416 e.